The van der Waals surface area contributed by atoms with Crippen molar-refractivity contribution in [2.24, 2.45) is 0 Å². The molecule has 292 valence electrons. The number of hydrogen-bond acceptors (Lipinski definition) is 9. The van der Waals surface area contributed by atoms with Crippen molar-refractivity contribution in [2.75, 3.05) is 0 Å². The second-order valence-corrected chi connectivity index (χ2v) is 15.7. The Morgan fingerprint density at radius 2 is 0.902 bits per heavy atom. The van der Waals surface area contributed by atoms with E-state index in [9.17, 15) is 25.5 Å². The van der Waals surface area contributed by atoms with E-state index < -0.39 is 34.3 Å². The number of rotatable bonds is 6. The molecule has 61 heavy (non-hydrogen) atoms. The highest BCUT2D eigenvalue weighted by Crippen LogP contribution is 2.55. The first kappa shape index (κ1) is 35.9. The van der Waals surface area contributed by atoms with Crippen LogP contribution in [0.2, 0.25) is 0 Å². The van der Waals surface area contributed by atoms with Crippen LogP contribution in [0.25, 0.3) is 104 Å². The maximum Gasteiger partial charge on any atom is 0.208 e. The topological polar surface area (TPSA) is 145 Å². The van der Waals surface area contributed by atoms with Gasteiger partial charge in [-0.15, -0.1) is 11.3 Å². The molecule has 11 rings (SSSR count). The van der Waals surface area contributed by atoms with Crippen molar-refractivity contribution in [2.45, 2.75) is 0 Å². The first-order valence-electron chi connectivity index (χ1n) is 19.5. The van der Waals surface area contributed by atoms with Crippen LogP contribution in [-0.4, -0.2) is 45.1 Å². The molecule has 5 N–H and O–H groups in total. The Hall–Kier alpha value is -8.21. The SMILES string of the molecule is Oc1c(O)c(O)c(-c2nc(-c3ccccc3)nc(-c3ccc(-n4c5ccccc5c5cccc(-c6ccccc6)c54)c4sc5c(-c6ccccc6)cccc5c34)n2)c(O)c1O. The first-order chi connectivity index (χ1) is 29.9. The van der Waals surface area contributed by atoms with Gasteiger partial charge in [0.25, 0.3) is 0 Å². The summed E-state index contributed by atoms with van der Waals surface area (Å²) in [7, 11) is 0. The molecule has 9 nitrogen and oxygen atoms in total. The summed E-state index contributed by atoms with van der Waals surface area (Å²) in [5, 5.41) is 57.8. The van der Waals surface area contributed by atoms with Gasteiger partial charge in [0, 0.05) is 42.9 Å². The van der Waals surface area contributed by atoms with Gasteiger partial charge in [-0.25, -0.2) is 15.0 Å². The van der Waals surface area contributed by atoms with E-state index in [0.29, 0.717) is 11.1 Å². The second kappa shape index (κ2) is 14.0. The van der Waals surface area contributed by atoms with Gasteiger partial charge in [0.2, 0.25) is 17.2 Å². The first-order valence-corrected chi connectivity index (χ1v) is 20.3. The van der Waals surface area contributed by atoms with Crippen LogP contribution >= 0.6 is 11.3 Å². The lowest BCUT2D eigenvalue weighted by atomic mass is 9.99. The van der Waals surface area contributed by atoms with Crippen LogP contribution in [0.4, 0.5) is 0 Å². The molecular formula is C51H32N4O5S. The minimum absolute atomic E-state index is 0.211. The van der Waals surface area contributed by atoms with Crippen molar-refractivity contribution in [3.05, 3.63) is 164 Å². The fourth-order valence-electron chi connectivity index (χ4n) is 8.44. The fourth-order valence-corrected chi connectivity index (χ4v) is 9.80. The molecule has 0 aliphatic carbocycles. The van der Waals surface area contributed by atoms with Crippen LogP contribution in [0.15, 0.2) is 164 Å². The molecule has 0 aliphatic rings. The molecule has 0 bridgehead atoms. The highest BCUT2D eigenvalue weighted by molar-refractivity contribution is 7.27. The number of nitrogens with zero attached hydrogens (tertiary/aromatic N) is 4. The van der Waals surface area contributed by atoms with Crippen molar-refractivity contribution < 1.29 is 25.5 Å². The molecule has 0 radical (unpaired) electrons. The molecule has 0 saturated heterocycles. The number of thiophene rings is 1. The number of aromatic nitrogens is 4. The predicted octanol–water partition coefficient (Wildman–Crippen LogP) is 12.2. The van der Waals surface area contributed by atoms with Gasteiger partial charge in [0.1, 0.15) is 5.56 Å². The van der Waals surface area contributed by atoms with Crippen LogP contribution in [0.5, 0.6) is 28.7 Å². The Labute approximate surface area is 351 Å². The lowest BCUT2D eigenvalue weighted by molar-refractivity contribution is 0.329. The summed E-state index contributed by atoms with van der Waals surface area (Å²) >= 11 is 1.68. The van der Waals surface area contributed by atoms with E-state index in [1.807, 2.05) is 66.7 Å². The summed E-state index contributed by atoms with van der Waals surface area (Å²) < 4.78 is 4.38. The summed E-state index contributed by atoms with van der Waals surface area (Å²) in [6.07, 6.45) is 0. The monoisotopic (exact) mass is 812 g/mol. The maximum atomic E-state index is 11.1. The Kier molecular flexibility index (Phi) is 8.23. The number of aromatic hydroxyl groups is 5. The Morgan fingerprint density at radius 1 is 0.377 bits per heavy atom. The highest BCUT2D eigenvalue weighted by Gasteiger charge is 2.29. The zero-order valence-corrected chi connectivity index (χ0v) is 32.8. The molecule has 0 saturated carbocycles. The third kappa shape index (κ3) is 5.57. The smallest absolute Gasteiger partial charge is 0.208 e. The van der Waals surface area contributed by atoms with Crippen molar-refractivity contribution in [1.82, 2.24) is 19.5 Å². The van der Waals surface area contributed by atoms with Crippen LogP contribution in [0.3, 0.4) is 0 Å². The minimum Gasteiger partial charge on any atom is -0.504 e. The molecule has 3 aromatic heterocycles. The number of phenols is 5. The second-order valence-electron chi connectivity index (χ2n) is 14.7. The van der Waals surface area contributed by atoms with E-state index in [2.05, 4.69) is 107 Å². The highest BCUT2D eigenvalue weighted by atomic mass is 32.1. The van der Waals surface area contributed by atoms with Crippen LogP contribution in [-0.2, 0) is 0 Å². The van der Waals surface area contributed by atoms with Gasteiger partial charge in [-0.2, -0.15) is 0 Å². The Morgan fingerprint density at radius 3 is 1.59 bits per heavy atom. The van der Waals surface area contributed by atoms with E-state index >= 15 is 0 Å². The number of para-hydroxylation sites is 2. The molecule has 0 atom stereocenters. The Bertz CT molecular complexity index is 3500. The molecule has 0 unspecified atom stereocenters. The predicted molar refractivity (Wildman–Crippen MR) is 243 cm³/mol. The largest absolute Gasteiger partial charge is 0.504 e. The van der Waals surface area contributed by atoms with Crippen LogP contribution in [0, 0.1) is 0 Å². The molecule has 3 heterocycles. The minimum atomic E-state index is -1.08. The van der Waals surface area contributed by atoms with Gasteiger partial charge in [-0.05, 0) is 34.9 Å². The average molecular weight is 813 g/mol. The van der Waals surface area contributed by atoms with E-state index in [0.717, 1.165) is 69.9 Å². The van der Waals surface area contributed by atoms with Crippen molar-refractivity contribution in [1.29, 1.82) is 0 Å². The van der Waals surface area contributed by atoms with Gasteiger partial charge in [0.15, 0.2) is 29.0 Å². The molecule has 0 amide bonds. The number of phenolic OH excluding ortho intramolecular Hbond substituents is 5. The Balaban J connectivity index is 1.28. The van der Waals surface area contributed by atoms with Gasteiger partial charge >= 0.3 is 0 Å². The molecular weight excluding hydrogens is 781 g/mol. The van der Waals surface area contributed by atoms with E-state index in [4.69, 9.17) is 9.97 Å². The number of fused-ring (bicyclic) bond motifs is 6. The van der Waals surface area contributed by atoms with Gasteiger partial charge in [-0.3, -0.25) is 0 Å². The normalized spacial score (nSPS) is 11.6. The summed E-state index contributed by atoms with van der Waals surface area (Å²) in [6, 6.07) is 55.1. The molecule has 0 aliphatic heterocycles. The summed E-state index contributed by atoms with van der Waals surface area (Å²) in [5.74, 6) is -4.75. The van der Waals surface area contributed by atoms with E-state index in [1.165, 1.54) is 0 Å². The van der Waals surface area contributed by atoms with Crippen LogP contribution in [0.1, 0.15) is 0 Å². The molecule has 10 heteroatoms. The van der Waals surface area contributed by atoms with E-state index in [-0.39, 0.29) is 17.5 Å². The van der Waals surface area contributed by atoms with Crippen LogP contribution < -0.4 is 0 Å². The summed E-state index contributed by atoms with van der Waals surface area (Å²) in [5.41, 5.74) is 8.17. The maximum absolute atomic E-state index is 11.1. The van der Waals surface area contributed by atoms with E-state index in [1.54, 1.807) is 11.3 Å². The van der Waals surface area contributed by atoms with Gasteiger partial charge < -0.3 is 30.1 Å². The van der Waals surface area contributed by atoms with Crippen molar-refractivity contribution in [3.8, 4) is 90.9 Å². The summed E-state index contributed by atoms with van der Waals surface area (Å²) in [6.45, 7) is 0. The molecule has 8 aromatic carbocycles. The zero-order chi connectivity index (χ0) is 41.4. The standard InChI is InChI=1S/C51H32N4O5S/c56-42-40(43(57)45(59)46(60)44(42)58)51-53-49(30-18-8-3-9-19-30)52-50(54-51)36-26-27-38(48-39(36)35-24-13-22-32(47(35)61-48)29-16-6-2-7-17-29)55-37-25-11-10-20-33(37)34-23-12-21-31(41(34)55)28-14-4-1-5-15-28/h1-27,56-60H. The quantitative estimate of drug-likeness (QED) is 0.0824. The molecule has 11 aromatic rings. The summed E-state index contributed by atoms with van der Waals surface area (Å²) in [4.78, 5) is 14.5. The number of hydrogen-bond donors (Lipinski definition) is 5. The van der Waals surface area contributed by atoms with Gasteiger partial charge in [-0.1, -0.05) is 146 Å². The van der Waals surface area contributed by atoms with Crippen molar-refractivity contribution in [3.63, 3.8) is 0 Å². The average Bonchev–Trinajstić information content (AvgIpc) is 3.88. The van der Waals surface area contributed by atoms with Crippen molar-refractivity contribution >= 4 is 53.3 Å². The third-order valence-electron chi connectivity index (χ3n) is 11.2. The lowest BCUT2D eigenvalue weighted by Crippen LogP contribution is -2.02. The zero-order valence-electron chi connectivity index (χ0n) is 32.0. The number of benzene rings is 8. The molecule has 0 spiro atoms. The third-order valence-corrected chi connectivity index (χ3v) is 12.5. The lowest BCUT2D eigenvalue weighted by Gasteiger charge is -2.15. The molecule has 0 fully saturated rings. The van der Waals surface area contributed by atoms with Gasteiger partial charge in [0.05, 0.1) is 21.4 Å². The fraction of sp³-hybridized carbons (Fsp3) is 0.